The number of ether oxygens (including phenoxy) is 1. The molecule has 10 nitrogen and oxygen atoms in total. The third kappa shape index (κ3) is 4.31. The minimum Gasteiger partial charge on any atom is -0.462 e. The molecule has 3 atom stereocenters. The molecule has 10 heteroatoms. The van der Waals surface area contributed by atoms with E-state index in [1.165, 1.54) is 24.8 Å². The number of fused-ring (bicyclic) bond motifs is 4. The monoisotopic (exact) mass is 501 g/mol. The van der Waals surface area contributed by atoms with Crippen molar-refractivity contribution in [2.24, 2.45) is 0 Å². The standard InChI is InChI=1S/C27H35N9O/c1-34-11-4-5-19(34)16-37-27-31-23-15-35(24-20-6-2-3-7-22(20)30-26(28)32-24)12-10-21(23)25(33-27)36-13-17-8-9-18(14-36)29-17/h2-3,6-7,17-19,29H,4-5,8-16H2,1H3,(H2,28,30,32)/t17-,18+,19-/m0/s1. The molecule has 0 unspecified atom stereocenters. The Morgan fingerprint density at radius 1 is 0.973 bits per heavy atom. The second-order valence-electron chi connectivity index (χ2n) is 11.0. The number of nitrogen functional groups attached to an aromatic ring is 1. The molecule has 0 spiro atoms. The quantitative estimate of drug-likeness (QED) is 0.539. The number of likely N-dealkylation sites (N-methyl/N-ethyl adjacent to an activating group) is 1. The van der Waals surface area contributed by atoms with Crippen molar-refractivity contribution in [2.45, 2.75) is 56.8 Å². The molecule has 3 saturated heterocycles. The normalized spacial score (nSPS) is 25.6. The molecule has 1 aromatic carbocycles. The van der Waals surface area contributed by atoms with E-state index in [1.54, 1.807) is 0 Å². The molecule has 7 rings (SSSR count). The van der Waals surface area contributed by atoms with E-state index in [-0.39, 0.29) is 0 Å². The summed E-state index contributed by atoms with van der Waals surface area (Å²) < 4.78 is 6.29. The summed E-state index contributed by atoms with van der Waals surface area (Å²) in [5.74, 6) is 2.22. The third-order valence-electron chi connectivity index (χ3n) is 8.52. The van der Waals surface area contributed by atoms with Crippen LogP contribution in [0.2, 0.25) is 0 Å². The van der Waals surface area contributed by atoms with Crippen molar-refractivity contribution in [3.63, 3.8) is 0 Å². The van der Waals surface area contributed by atoms with Crippen LogP contribution in [0.3, 0.4) is 0 Å². The Morgan fingerprint density at radius 3 is 2.62 bits per heavy atom. The van der Waals surface area contributed by atoms with Crippen molar-refractivity contribution < 1.29 is 4.74 Å². The summed E-state index contributed by atoms with van der Waals surface area (Å²) in [6, 6.07) is 10.0. The Balaban J connectivity index is 1.23. The number of rotatable bonds is 5. The average Bonchev–Trinajstić information content (AvgIpc) is 3.49. The molecule has 4 aliphatic heterocycles. The van der Waals surface area contributed by atoms with Crippen LogP contribution >= 0.6 is 0 Å². The largest absolute Gasteiger partial charge is 0.462 e. The highest BCUT2D eigenvalue weighted by atomic mass is 16.5. The highest BCUT2D eigenvalue weighted by Crippen LogP contribution is 2.35. The Kier molecular flexibility index (Phi) is 5.73. The summed E-state index contributed by atoms with van der Waals surface area (Å²) in [5, 5.41) is 4.75. The van der Waals surface area contributed by atoms with Crippen molar-refractivity contribution in [1.82, 2.24) is 30.2 Å². The fourth-order valence-corrected chi connectivity index (χ4v) is 6.54. The number of aromatic nitrogens is 4. The van der Waals surface area contributed by atoms with Crippen LogP contribution in [0.25, 0.3) is 10.9 Å². The SMILES string of the molecule is CN1CCC[C@H]1COc1nc2c(c(N3C[C@H]4CC[C@@H](C3)N4)n1)CCN(c1nc(N)nc3ccccc13)C2. The lowest BCUT2D eigenvalue weighted by atomic mass is 10.0. The van der Waals surface area contributed by atoms with Gasteiger partial charge in [0.1, 0.15) is 18.2 Å². The van der Waals surface area contributed by atoms with E-state index in [0.717, 1.165) is 67.3 Å². The molecule has 37 heavy (non-hydrogen) atoms. The van der Waals surface area contributed by atoms with E-state index in [0.29, 0.717) is 43.2 Å². The number of hydrogen-bond acceptors (Lipinski definition) is 10. The number of nitrogens with zero attached hydrogens (tertiary/aromatic N) is 7. The molecule has 194 valence electrons. The van der Waals surface area contributed by atoms with Gasteiger partial charge in [0.05, 0.1) is 17.8 Å². The summed E-state index contributed by atoms with van der Waals surface area (Å²) in [6.45, 7) is 5.19. The van der Waals surface area contributed by atoms with Gasteiger partial charge in [-0.3, -0.25) is 0 Å². The van der Waals surface area contributed by atoms with Crippen molar-refractivity contribution in [3.8, 4) is 6.01 Å². The molecule has 0 radical (unpaired) electrons. The molecule has 3 N–H and O–H groups in total. The predicted molar refractivity (Wildman–Crippen MR) is 144 cm³/mol. The summed E-state index contributed by atoms with van der Waals surface area (Å²) in [7, 11) is 2.17. The number of hydrogen-bond donors (Lipinski definition) is 2. The van der Waals surface area contributed by atoms with E-state index in [1.807, 2.05) is 18.2 Å². The highest BCUT2D eigenvalue weighted by Gasteiger charge is 2.35. The Morgan fingerprint density at radius 2 is 1.81 bits per heavy atom. The van der Waals surface area contributed by atoms with Gasteiger partial charge in [0, 0.05) is 48.7 Å². The lowest BCUT2D eigenvalue weighted by Gasteiger charge is -2.37. The maximum absolute atomic E-state index is 6.29. The number of nitrogens with one attached hydrogen (secondary N) is 1. The number of likely N-dealkylation sites (tertiary alicyclic amines) is 1. The van der Waals surface area contributed by atoms with E-state index in [2.05, 4.69) is 43.1 Å². The smallest absolute Gasteiger partial charge is 0.318 e. The summed E-state index contributed by atoms with van der Waals surface area (Å²) in [5.41, 5.74) is 9.24. The van der Waals surface area contributed by atoms with E-state index < -0.39 is 0 Å². The van der Waals surface area contributed by atoms with Gasteiger partial charge in [0.25, 0.3) is 0 Å². The lowest BCUT2D eigenvalue weighted by molar-refractivity contribution is 0.187. The van der Waals surface area contributed by atoms with Gasteiger partial charge in [-0.1, -0.05) is 12.1 Å². The highest BCUT2D eigenvalue weighted by molar-refractivity contribution is 5.90. The maximum atomic E-state index is 6.29. The Hall–Kier alpha value is -3.24. The van der Waals surface area contributed by atoms with Crippen LogP contribution in [0.15, 0.2) is 24.3 Å². The van der Waals surface area contributed by atoms with E-state index in [9.17, 15) is 0 Å². The van der Waals surface area contributed by atoms with Crippen LogP contribution in [0.5, 0.6) is 6.01 Å². The Labute approximate surface area is 217 Å². The minimum absolute atomic E-state index is 0.295. The fourth-order valence-electron chi connectivity index (χ4n) is 6.54. The first-order chi connectivity index (χ1) is 18.1. The second kappa shape index (κ2) is 9.25. The molecule has 3 fully saturated rings. The zero-order valence-electron chi connectivity index (χ0n) is 21.4. The lowest BCUT2D eigenvalue weighted by Crippen LogP contribution is -2.52. The van der Waals surface area contributed by atoms with Crippen LogP contribution in [-0.4, -0.2) is 82.8 Å². The first-order valence-electron chi connectivity index (χ1n) is 13.6. The summed E-state index contributed by atoms with van der Waals surface area (Å²) in [6.07, 6.45) is 5.71. The van der Waals surface area contributed by atoms with Gasteiger partial charge in [0.2, 0.25) is 5.95 Å². The third-order valence-corrected chi connectivity index (χ3v) is 8.52. The van der Waals surface area contributed by atoms with Gasteiger partial charge >= 0.3 is 6.01 Å². The van der Waals surface area contributed by atoms with Gasteiger partial charge < -0.3 is 30.5 Å². The first-order valence-corrected chi connectivity index (χ1v) is 13.6. The second-order valence-corrected chi connectivity index (χ2v) is 11.0. The summed E-state index contributed by atoms with van der Waals surface area (Å²) >= 11 is 0. The number of piperazine rings is 1. The van der Waals surface area contributed by atoms with E-state index >= 15 is 0 Å². The van der Waals surface area contributed by atoms with Crippen molar-refractivity contribution in [1.29, 1.82) is 0 Å². The van der Waals surface area contributed by atoms with Gasteiger partial charge in [-0.2, -0.15) is 15.0 Å². The van der Waals surface area contributed by atoms with Crippen LogP contribution in [-0.2, 0) is 13.0 Å². The van der Waals surface area contributed by atoms with E-state index in [4.69, 9.17) is 20.4 Å². The van der Waals surface area contributed by atoms with Crippen LogP contribution in [0, 0.1) is 0 Å². The number of nitrogens with two attached hydrogens (primary N) is 1. The summed E-state index contributed by atoms with van der Waals surface area (Å²) in [4.78, 5) is 26.2. The maximum Gasteiger partial charge on any atom is 0.318 e. The van der Waals surface area contributed by atoms with Crippen LogP contribution < -0.4 is 25.6 Å². The van der Waals surface area contributed by atoms with Gasteiger partial charge in [-0.05, 0) is 57.8 Å². The molecule has 6 heterocycles. The number of para-hydroxylation sites is 1. The minimum atomic E-state index is 0.295. The molecule has 2 aromatic heterocycles. The predicted octanol–water partition coefficient (Wildman–Crippen LogP) is 1.98. The molecule has 2 bridgehead atoms. The zero-order valence-corrected chi connectivity index (χ0v) is 21.4. The number of anilines is 3. The molecular formula is C27H35N9O. The molecular weight excluding hydrogens is 466 g/mol. The topological polar surface area (TPSA) is 109 Å². The van der Waals surface area contributed by atoms with Gasteiger partial charge in [0.15, 0.2) is 0 Å². The molecule has 4 aliphatic rings. The van der Waals surface area contributed by atoms with Crippen molar-refractivity contribution in [3.05, 3.63) is 35.5 Å². The molecule has 0 aliphatic carbocycles. The zero-order chi connectivity index (χ0) is 24.9. The van der Waals surface area contributed by atoms with Crippen LogP contribution in [0.4, 0.5) is 17.6 Å². The number of benzene rings is 1. The molecule has 3 aromatic rings. The van der Waals surface area contributed by atoms with Crippen molar-refractivity contribution in [2.75, 3.05) is 55.4 Å². The Bertz CT molecular complexity index is 1300. The van der Waals surface area contributed by atoms with Gasteiger partial charge in [-0.15, -0.1) is 0 Å². The fraction of sp³-hybridized carbons (Fsp3) is 0.556. The first kappa shape index (κ1) is 22.9. The van der Waals surface area contributed by atoms with Crippen LogP contribution in [0.1, 0.15) is 36.9 Å². The molecule has 0 amide bonds. The molecule has 0 saturated carbocycles. The van der Waals surface area contributed by atoms with Crippen molar-refractivity contribution >= 4 is 28.5 Å². The van der Waals surface area contributed by atoms with Gasteiger partial charge in [-0.25, -0.2) is 4.98 Å². The average molecular weight is 502 g/mol.